The lowest BCUT2D eigenvalue weighted by Gasteiger charge is -2.16. The summed E-state index contributed by atoms with van der Waals surface area (Å²) >= 11 is 17.1. The Balaban J connectivity index is 2.28. The molecule has 1 heterocycles. The SMILES string of the molecule is O=C(Cl)C1CC(=O)N(c2cc(Cl)cc(Cl)c2)C1. The standard InChI is InChI=1S/C11H8Cl3NO2/c12-7-2-8(13)4-9(3-7)15-5-6(11(14)17)1-10(15)16/h2-4,6H,1,5H2. The molecule has 0 aromatic heterocycles. The van der Waals surface area contributed by atoms with E-state index < -0.39 is 11.2 Å². The van der Waals surface area contributed by atoms with Crippen LogP contribution in [0.4, 0.5) is 5.69 Å². The van der Waals surface area contributed by atoms with Gasteiger partial charge in [-0.2, -0.15) is 0 Å². The van der Waals surface area contributed by atoms with Crippen molar-refractivity contribution in [2.24, 2.45) is 5.92 Å². The maximum Gasteiger partial charge on any atom is 0.227 e. The van der Waals surface area contributed by atoms with Crippen LogP contribution in [0.2, 0.25) is 10.0 Å². The normalized spacial score (nSPS) is 19.8. The maximum atomic E-state index is 11.7. The van der Waals surface area contributed by atoms with Crippen molar-refractivity contribution in [1.82, 2.24) is 0 Å². The van der Waals surface area contributed by atoms with Crippen molar-refractivity contribution in [1.29, 1.82) is 0 Å². The third-order valence-corrected chi connectivity index (χ3v) is 3.35. The molecular formula is C11H8Cl3NO2. The van der Waals surface area contributed by atoms with Gasteiger partial charge in [-0.25, -0.2) is 0 Å². The van der Waals surface area contributed by atoms with Gasteiger partial charge >= 0.3 is 0 Å². The summed E-state index contributed by atoms with van der Waals surface area (Å²) in [6.45, 7) is 0.276. The van der Waals surface area contributed by atoms with Crippen LogP contribution in [0.15, 0.2) is 18.2 Å². The Kier molecular flexibility index (Phi) is 3.61. The van der Waals surface area contributed by atoms with Crippen LogP contribution >= 0.6 is 34.8 Å². The highest BCUT2D eigenvalue weighted by atomic mass is 35.5. The summed E-state index contributed by atoms with van der Waals surface area (Å²) < 4.78 is 0. The van der Waals surface area contributed by atoms with E-state index >= 15 is 0 Å². The van der Waals surface area contributed by atoms with Gasteiger partial charge in [0.2, 0.25) is 11.1 Å². The van der Waals surface area contributed by atoms with Crippen LogP contribution in [0.3, 0.4) is 0 Å². The Morgan fingerprint density at radius 3 is 2.29 bits per heavy atom. The molecule has 0 N–H and O–H groups in total. The molecule has 6 heteroatoms. The molecule has 0 saturated carbocycles. The summed E-state index contributed by atoms with van der Waals surface area (Å²) in [6.07, 6.45) is 0.131. The lowest BCUT2D eigenvalue weighted by molar-refractivity contribution is -0.120. The fraction of sp³-hybridized carbons (Fsp3) is 0.273. The van der Waals surface area contributed by atoms with Gasteiger partial charge in [0.05, 0.1) is 5.92 Å². The van der Waals surface area contributed by atoms with Gasteiger partial charge in [0, 0.05) is 28.7 Å². The Morgan fingerprint density at radius 1 is 1.24 bits per heavy atom. The first-order valence-electron chi connectivity index (χ1n) is 4.93. The highest BCUT2D eigenvalue weighted by Crippen LogP contribution is 2.30. The molecule has 2 rings (SSSR count). The predicted octanol–water partition coefficient (Wildman–Crippen LogP) is 3.11. The van der Waals surface area contributed by atoms with Crippen LogP contribution in [0.5, 0.6) is 0 Å². The molecule has 1 atom stereocenters. The number of amides is 1. The van der Waals surface area contributed by atoms with E-state index in [4.69, 9.17) is 34.8 Å². The largest absolute Gasteiger partial charge is 0.312 e. The van der Waals surface area contributed by atoms with E-state index in [-0.39, 0.29) is 18.9 Å². The number of carbonyl (C=O) groups is 2. The lowest BCUT2D eigenvalue weighted by atomic mass is 10.1. The van der Waals surface area contributed by atoms with E-state index in [1.165, 1.54) is 4.90 Å². The number of hydrogen-bond donors (Lipinski definition) is 0. The Hall–Kier alpha value is -0.770. The van der Waals surface area contributed by atoms with Crippen molar-refractivity contribution >= 4 is 51.6 Å². The molecule has 1 aliphatic rings. The van der Waals surface area contributed by atoms with Crippen molar-refractivity contribution in [2.75, 3.05) is 11.4 Å². The van der Waals surface area contributed by atoms with Gasteiger partial charge in [0.25, 0.3) is 0 Å². The fourth-order valence-electron chi connectivity index (χ4n) is 1.80. The number of hydrogen-bond acceptors (Lipinski definition) is 2. The van der Waals surface area contributed by atoms with Crippen molar-refractivity contribution in [2.45, 2.75) is 6.42 Å². The topological polar surface area (TPSA) is 37.4 Å². The maximum absolute atomic E-state index is 11.7. The van der Waals surface area contributed by atoms with Crippen LogP contribution in [0.1, 0.15) is 6.42 Å². The van der Waals surface area contributed by atoms with Crippen molar-refractivity contribution in [3.63, 3.8) is 0 Å². The van der Waals surface area contributed by atoms with Crippen LogP contribution in [-0.2, 0) is 9.59 Å². The number of rotatable bonds is 2. The fourth-order valence-corrected chi connectivity index (χ4v) is 2.46. The molecule has 1 aromatic carbocycles. The van der Waals surface area contributed by atoms with Crippen molar-refractivity contribution < 1.29 is 9.59 Å². The van der Waals surface area contributed by atoms with Gasteiger partial charge < -0.3 is 4.90 Å². The van der Waals surface area contributed by atoms with E-state index in [1.54, 1.807) is 18.2 Å². The molecule has 1 aliphatic heterocycles. The van der Waals surface area contributed by atoms with Crippen molar-refractivity contribution in [3.05, 3.63) is 28.2 Å². The number of anilines is 1. The molecular weight excluding hydrogens is 284 g/mol. The van der Waals surface area contributed by atoms with Crippen LogP contribution < -0.4 is 4.90 Å². The third-order valence-electron chi connectivity index (χ3n) is 2.60. The molecule has 90 valence electrons. The number of benzene rings is 1. The highest BCUT2D eigenvalue weighted by molar-refractivity contribution is 6.64. The molecule has 1 unspecified atom stereocenters. The molecule has 0 radical (unpaired) electrons. The summed E-state index contributed by atoms with van der Waals surface area (Å²) in [5.74, 6) is -0.607. The summed E-state index contributed by atoms with van der Waals surface area (Å²) in [5, 5.41) is 0.399. The number of carbonyl (C=O) groups excluding carboxylic acids is 2. The zero-order valence-electron chi connectivity index (χ0n) is 8.62. The minimum absolute atomic E-state index is 0.131. The summed E-state index contributed by atoms with van der Waals surface area (Å²) in [7, 11) is 0. The molecule has 0 aliphatic carbocycles. The van der Waals surface area contributed by atoms with Gasteiger partial charge in [-0.1, -0.05) is 23.2 Å². The van der Waals surface area contributed by atoms with Gasteiger partial charge in [-0.15, -0.1) is 0 Å². The average molecular weight is 293 g/mol. The Bertz CT molecular complexity index is 469. The molecule has 1 aromatic rings. The summed E-state index contributed by atoms with van der Waals surface area (Å²) in [5.41, 5.74) is 0.591. The second-order valence-corrected chi connectivity index (χ2v) is 5.08. The second kappa shape index (κ2) is 4.84. The van der Waals surface area contributed by atoms with Gasteiger partial charge in [-0.05, 0) is 29.8 Å². The van der Waals surface area contributed by atoms with Crippen LogP contribution in [-0.4, -0.2) is 17.7 Å². The van der Waals surface area contributed by atoms with E-state index in [0.29, 0.717) is 15.7 Å². The van der Waals surface area contributed by atoms with E-state index in [2.05, 4.69) is 0 Å². The minimum atomic E-state index is -0.492. The van der Waals surface area contributed by atoms with E-state index in [0.717, 1.165) is 0 Å². The molecule has 3 nitrogen and oxygen atoms in total. The van der Waals surface area contributed by atoms with E-state index in [1.807, 2.05) is 0 Å². The predicted molar refractivity (Wildman–Crippen MR) is 67.8 cm³/mol. The number of halogens is 3. The molecule has 1 fully saturated rings. The molecule has 1 amide bonds. The molecule has 17 heavy (non-hydrogen) atoms. The second-order valence-electron chi connectivity index (χ2n) is 3.84. The van der Waals surface area contributed by atoms with E-state index in [9.17, 15) is 9.59 Å². The minimum Gasteiger partial charge on any atom is -0.312 e. The van der Waals surface area contributed by atoms with Gasteiger partial charge in [0.1, 0.15) is 0 Å². The first kappa shape index (κ1) is 12.7. The number of nitrogens with zero attached hydrogens (tertiary/aromatic N) is 1. The Morgan fingerprint density at radius 2 is 1.82 bits per heavy atom. The van der Waals surface area contributed by atoms with Gasteiger partial charge in [0.15, 0.2) is 0 Å². The lowest BCUT2D eigenvalue weighted by Crippen LogP contribution is -2.25. The monoisotopic (exact) mass is 291 g/mol. The smallest absolute Gasteiger partial charge is 0.227 e. The molecule has 0 spiro atoms. The molecule has 1 saturated heterocycles. The zero-order chi connectivity index (χ0) is 12.6. The first-order chi connectivity index (χ1) is 7.97. The van der Waals surface area contributed by atoms with Crippen LogP contribution in [0.25, 0.3) is 0 Å². The summed E-state index contributed by atoms with van der Waals surface area (Å²) in [6, 6.07) is 4.84. The average Bonchev–Trinajstić information content (AvgIpc) is 2.59. The first-order valence-corrected chi connectivity index (χ1v) is 6.06. The Labute approximate surface area is 113 Å². The molecule has 0 bridgehead atoms. The highest BCUT2D eigenvalue weighted by Gasteiger charge is 2.34. The van der Waals surface area contributed by atoms with Crippen LogP contribution in [0, 0.1) is 5.92 Å². The summed E-state index contributed by atoms with van der Waals surface area (Å²) in [4.78, 5) is 24.3. The third kappa shape index (κ3) is 2.73. The van der Waals surface area contributed by atoms with Crippen molar-refractivity contribution in [3.8, 4) is 0 Å². The quantitative estimate of drug-likeness (QED) is 0.785. The zero-order valence-corrected chi connectivity index (χ0v) is 10.9. The van der Waals surface area contributed by atoms with Gasteiger partial charge in [-0.3, -0.25) is 9.59 Å².